The van der Waals surface area contributed by atoms with Gasteiger partial charge >= 0.3 is 0 Å². The van der Waals surface area contributed by atoms with Crippen molar-refractivity contribution in [3.63, 3.8) is 0 Å². The Bertz CT molecular complexity index is 1220. The van der Waals surface area contributed by atoms with Gasteiger partial charge in [0.2, 0.25) is 0 Å². The number of nitrogens with zero attached hydrogens (tertiary/aromatic N) is 6. The first-order chi connectivity index (χ1) is 15.1. The van der Waals surface area contributed by atoms with Crippen LogP contribution in [0.4, 0.5) is 4.39 Å². The van der Waals surface area contributed by atoms with Crippen molar-refractivity contribution in [3.05, 3.63) is 102 Å². The Morgan fingerprint density at radius 3 is 2.52 bits per heavy atom. The van der Waals surface area contributed by atoms with Crippen molar-refractivity contribution in [2.45, 2.75) is 25.7 Å². The van der Waals surface area contributed by atoms with Gasteiger partial charge in [0.05, 0.1) is 22.6 Å². The maximum Gasteiger partial charge on any atom is 0.129 e. The molecule has 3 heterocycles. The summed E-state index contributed by atoms with van der Waals surface area (Å²) in [7, 11) is 0. The van der Waals surface area contributed by atoms with E-state index in [2.05, 4.69) is 27.9 Å². The summed E-state index contributed by atoms with van der Waals surface area (Å²) in [5.41, 5.74) is 4.40. The number of pyridine rings is 1. The minimum atomic E-state index is -0.262. The van der Waals surface area contributed by atoms with Crippen molar-refractivity contribution in [3.8, 4) is 17.3 Å². The predicted octanol–water partition coefficient (Wildman–Crippen LogP) is 4.28. The molecule has 0 radical (unpaired) electrons. The van der Waals surface area contributed by atoms with Crippen LogP contribution in [0.15, 0.2) is 67.4 Å². The van der Waals surface area contributed by atoms with E-state index in [0.717, 1.165) is 17.0 Å². The van der Waals surface area contributed by atoms with Gasteiger partial charge in [0.1, 0.15) is 17.7 Å². The third-order valence-electron chi connectivity index (χ3n) is 4.95. The monoisotopic (exact) mass is 410 g/mol. The highest BCUT2D eigenvalue weighted by Gasteiger charge is 2.15. The molecule has 3 aromatic heterocycles. The van der Waals surface area contributed by atoms with E-state index < -0.39 is 0 Å². The molecule has 0 spiro atoms. The van der Waals surface area contributed by atoms with Crippen molar-refractivity contribution in [1.29, 1.82) is 5.26 Å². The lowest BCUT2D eigenvalue weighted by atomic mass is 9.97. The zero-order valence-electron chi connectivity index (χ0n) is 16.9. The summed E-state index contributed by atoms with van der Waals surface area (Å²) in [6, 6.07) is 12.3. The number of benzene rings is 1. The molecule has 0 unspecified atom stereocenters. The minimum absolute atomic E-state index is 0.0908. The van der Waals surface area contributed by atoms with Crippen molar-refractivity contribution in [1.82, 2.24) is 24.9 Å². The van der Waals surface area contributed by atoms with Crippen LogP contribution in [0, 0.1) is 17.1 Å². The fourth-order valence-corrected chi connectivity index (χ4v) is 3.37. The molecule has 1 aromatic carbocycles. The molecule has 0 aliphatic rings. The summed E-state index contributed by atoms with van der Waals surface area (Å²) in [5.74, 6) is 0.476. The number of nitriles is 1. The molecule has 0 N–H and O–H groups in total. The molecular weight excluding hydrogens is 391 g/mol. The van der Waals surface area contributed by atoms with E-state index in [1.54, 1.807) is 43.0 Å². The van der Waals surface area contributed by atoms with Gasteiger partial charge in [-0.25, -0.2) is 14.4 Å². The van der Waals surface area contributed by atoms with E-state index in [1.165, 1.54) is 18.3 Å². The van der Waals surface area contributed by atoms with E-state index in [9.17, 15) is 9.65 Å². The number of hydrogen-bond donors (Lipinski definition) is 0. The topological polar surface area (TPSA) is 88.2 Å². The van der Waals surface area contributed by atoms with Crippen LogP contribution in [0.2, 0.25) is 0 Å². The summed E-state index contributed by atoms with van der Waals surface area (Å²) in [6.07, 6.45) is 9.21. The summed E-state index contributed by atoms with van der Waals surface area (Å²) in [6.45, 7) is 2.05. The van der Waals surface area contributed by atoms with Crippen molar-refractivity contribution in [2.24, 2.45) is 0 Å². The zero-order valence-corrected chi connectivity index (χ0v) is 16.9. The van der Waals surface area contributed by atoms with Crippen LogP contribution >= 0.6 is 0 Å². The molecule has 0 saturated carbocycles. The molecule has 1 atom stereocenters. The molecule has 4 aromatic rings. The molecule has 6 nitrogen and oxygen atoms in total. The maximum absolute atomic E-state index is 13.3. The molecule has 0 saturated heterocycles. The summed E-state index contributed by atoms with van der Waals surface area (Å²) in [5, 5.41) is 9.49. The maximum atomic E-state index is 13.3. The Morgan fingerprint density at radius 1 is 0.968 bits per heavy atom. The van der Waals surface area contributed by atoms with E-state index >= 15 is 0 Å². The molecule has 0 aliphatic heterocycles. The van der Waals surface area contributed by atoms with Gasteiger partial charge in [-0.3, -0.25) is 15.0 Å². The molecule has 0 aliphatic carbocycles. The Kier molecular flexibility index (Phi) is 5.99. The first kappa shape index (κ1) is 20.2. The molecule has 31 heavy (non-hydrogen) atoms. The number of aromatic nitrogens is 5. The van der Waals surface area contributed by atoms with Crippen molar-refractivity contribution < 1.29 is 4.39 Å². The van der Waals surface area contributed by atoms with Crippen molar-refractivity contribution >= 4 is 0 Å². The van der Waals surface area contributed by atoms with Crippen LogP contribution in [0.3, 0.4) is 0 Å². The highest BCUT2D eigenvalue weighted by Crippen LogP contribution is 2.25. The van der Waals surface area contributed by atoms with Crippen LogP contribution in [-0.2, 0) is 12.8 Å². The molecule has 0 amide bonds. The van der Waals surface area contributed by atoms with E-state index in [1.807, 2.05) is 6.07 Å². The molecule has 7 heteroatoms. The molecule has 4 rings (SSSR count). The van der Waals surface area contributed by atoms with Gasteiger partial charge in [-0.1, -0.05) is 19.1 Å². The average Bonchev–Trinajstić information content (AvgIpc) is 2.80. The fraction of sp³-hybridized carbons (Fsp3) is 0.167. The quantitative estimate of drug-likeness (QED) is 0.471. The Morgan fingerprint density at radius 2 is 1.77 bits per heavy atom. The van der Waals surface area contributed by atoms with Crippen molar-refractivity contribution in [2.75, 3.05) is 0 Å². The van der Waals surface area contributed by atoms with E-state index in [0.29, 0.717) is 35.5 Å². The Balaban J connectivity index is 1.72. The summed E-state index contributed by atoms with van der Waals surface area (Å²) < 4.78 is 13.3. The molecule has 152 valence electrons. The van der Waals surface area contributed by atoms with Gasteiger partial charge < -0.3 is 0 Å². The summed E-state index contributed by atoms with van der Waals surface area (Å²) >= 11 is 0. The van der Waals surface area contributed by atoms with Crippen LogP contribution in [0.5, 0.6) is 0 Å². The third kappa shape index (κ3) is 4.93. The highest BCUT2D eigenvalue weighted by molar-refractivity contribution is 5.66. The zero-order chi connectivity index (χ0) is 21.6. The van der Waals surface area contributed by atoms with Crippen LogP contribution in [-0.4, -0.2) is 24.9 Å². The number of halogens is 1. The second-order valence-corrected chi connectivity index (χ2v) is 7.22. The normalized spacial score (nSPS) is 11.6. The smallest absolute Gasteiger partial charge is 0.129 e. The standard InChI is InChI=1S/C24H19FN6/c1-16(17-2-4-19(25)5-3-17)10-24-30-20(11-21-15-28-8-9-29-21)12-23(31-24)22-6-7-27-14-18(22)13-26/h2-9,12,14-16H,10-11H2,1H3/t16-/m1/s1. The largest absolute Gasteiger partial charge is 0.263 e. The van der Waals surface area contributed by atoms with Gasteiger partial charge in [-0.2, -0.15) is 5.26 Å². The molecule has 0 fully saturated rings. The van der Waals surface area contributed by atoms with Gasteiger partial charge in [0.15, 0.2) is 0 Å². The fourth-order valence-electron chi connectivity index (χ4n) is 3.37. The van der Waals surface area contributed by atoms with Crippen LogP contribution in [0.25, 0.3) is 11.3 Å². The highest BCUT2D eigenvalue weighted by atomic mass is 19.1. The Labute approximate surface area is 179 Å². The Hall–Kier alpha value is -4.05. The van der Waals surface area contributed by atoms with E-state index in [-0.39, 0.29) is 11.7 Å². The van der Waals surface area contributed by atoms with E-state index in [4.69, 9.17) is 9.97 Å². The third-order valence-corrected chi connectivity index (χ3v) is 4.95. The lowest BCUT2D eigenvalue weighted by Gasteiger charge is -2.14. The molecular formula is C24H19FN6. The van der Waals surface area contributed by atoms with Crippen LogP contribution < -0.4 is 0 Å². The second kappa shape index (κ2) is 9.18. The second-order valence-electron chi connectivity index (χ2n) is 7.22. The van der Waals surface area contributed by atoms with Gasteiger partial charge in [0, 0.05) is 49.4 Å². The first-order valence-electron chi connectivity index (χ1n) is 9.84. The first-order valence-corrected chi connectivity index (χ1v) is 9.84. The number of rotatable bonds is 6. The van der Waals surface area contributed by atoms with Gasteiger partial charge in [0.25, 0.3) is 0 Å². The minimum Gasteiger partial charge on any atom is -0.263 e. The summed E-state index contributed by atoms with van der Waals surface area (Å²) in [4.78, 5) is 22.0. The van der Waals surface area contributed by atoms with Crippen LogP contribution in [0.1, 0.15) is 41.2 Å². The van der Waals surface area contributed by atoms with Gasteiger partial charge in [-0.05, 0) is 35.7 Å². The lowest BCUT2D eigenvalue weighted by Crippen LogP contribution is -2.08. The lowest BCUT2D eigenvalue weighted by molar-refractivity contribution is 0.624. The average molecular weight is 410 g/mol. The van der Waals surface area contributed by atoms with Gasteiger partial charge in [-0.15, -0.1) is 0 Å². The SMILES string of the molecule is C[C@H](Cc1nc(Cc2cnccn2)cc(-c2ccncc2C#N)n1)c1ccc(F)cc1. The predicted molar refractivity (Wildman–Crippen MR) is 113 cm³/mol. The number of hydrogen-bond acceptors (Lipinski definition) is 6. The molecule has 0 bridgehead atoms.